The molecule has 0 unspecified atom stereocenters. The van der Waals surface area contributed by atoms with E-state index in [1.165, 1.54) is 17.2 Å². The van der Waals surface area contributed by atoms with Crippen molar-refractivity contribution in [2.45, 2.75) is 12.8 Å². The Morgan fingerprint density at radius 1 is 1.41 bits per heavy atom. The Labute approximate surface area is 159 Å². The van der Waals surface area contributed by atoms with Crippen molar-refractivity contribution in [3.8, 4) is 6.07 Å². The van der Waals surface area contributed by atoms with Crippen molar-refractivity contribution in [1.82, 2.24) is 4.90 Å². The van der Waals surface area contributed by atoms with Gasteiger partial charge in [-0.3, -0.25) is 10.8 Å². The highest BCUT2D eigenvalue weighted by molar-refractivity contribution is 5.90. The molecule has 8 heteroatoms. The van der Waals surface area contributed by atoms with Crippen molar-refractivity contribution in [3.63, 3.8) is 0 Å². The Kier molecular flexibility index (Phi) is 6.44. The van der Waals surface area contributed by atoms with Crippen LogP contribution in [-0.2, 0) is 0 Å². The van der Waals surface area contributed by atoms with Gasteiger partial charge in [0, 0.05) is 49.5 Å². The molecule has 27 heavy (non-hydrogen) atoms. The zero-order valence-corrected chi connectivity index (χ0v) is 15.3. The third kappa shape index (κ3) is 4.39. The predicted molar refractivity (Wildman–Crippen MR) is 107 cm³/mol. The number of nitriles is 1. The fourth-order valence-electron chi connectivity index (χ4n) is 3.32. The molecule has 142 valence electrons. The second-order valence-electron chi connectivity index (χ2n) is 6.39. The average molecular weight is 367 g/mol. The molecule has 0 saturated carbocycles. The molecule has 1 aliphatic heterocycles. The first-order chi connectivity index (χ1) is 12.9. The third-order valence-electron chi connectivity index (χ3n) is 4.72. The molecule has 0 spiro atoms. The van der Waals surface area contributed by atoms with Gasteiger partial charge in [0.1, 0.15) is 11.9 Å². The van der Waals surface area contributed by atoms with Gasteiger partial charge in [-0.1, -0.05) is 12.1 Å². The Morgan fingerprint density at radius 3 is 2.59 bits per heavy atom. The van der Waals surface area contributed by atoms with Crippen LogP contribution in [0, 0.1) is 28.1 Å². The monoisotopic (exact) mass is 367 g/mol. The first kappa shape index (κ1) is 19.8. The van der Waals surface area contributed by atoms with Crippen LogP contribution in [0.5, 0.6) is 0 Å². The highest BCUT2D eigenvalue weighted by Gasteiger charge is 2.27. The first-order valence-electron chi connectivity index (χ1n) is 8.61. The van der Waals surface area contributed by atoms with Gasteiger partial charge < -0.3 is 26.4 Å². The van der Waals surface area contributed by atoms with Gasteiger partial charge in [0.05, 0.1) is 17.6 Å². The summed E-state index contributed by atoms with van der Waals surface area (Å²) in [5.41, 5.74) is 13.6. The number of amidine groups is 1. The molecule has 1 aromatic carbocycles. The van der Waals surface area contributed by atoms with Crippen LogP contribution in [0.1, 0.15) is 24.0 Å². The van der Waals surface area contributed by atoms with Gasteiger partial charge in [-0.05, 0) is 18.9 Å². The standard InChI is InChI=1S/C19H25N7O/c1-25(12-22)19(24)13-5-7-26(8-6-13)18-14(10-20)3-2-4-16(18)15(11-21)9-17(23)27/h2-4,9,11-13,22,24,27H,5-8,21,23H2,1H3/b15-11+,17-9+,22-12?,24-19?. The average Bonchev–Trinajstić information content (AvgIpc) is 2.70. The molecule has 0 aromatic heterocycles. The van der Waals surface area contributed by atoms with Crippen LogP contribution < -0.4 is 16.4 Å². The molecule has 1 saturated heterocycles. The third-order valence-corrected chi connectivity index (χ3v) is 4.72. The summed E-state index contributed by atoms with van der Waals surface area (Å²) in [6, 6.07) is 7.57. The zero-order valence-electron chi connectivity index (χ0n) is 15.3. The number of anilines is 1. The lowest BCUT2D eigenvalue weighted by atomic mass is 9.92. The molecule has 1 heterocycles. The van der Waals surface area contributed by atoms with Crippen molar-refractivity contribution in [1.29, 1.82) is 16.1 Å². The highest BCUT2D eigenvalue weighted by atomic mass is 16.3. The minimum atomic E-state index is -0.359. The zero-order chi connectivity index (χ0) is 20.0. The molecule has 0 bridgehead atoms. The number of para-hydroxylation sites is 1. The summed E-state index contributed by atoms with van der Waals surface area (Å²) in [5.74, 6) is 0.141. The van der Waals surface area contributed by atoms with Gasteiger partial charge in [0.2, 0.25) is 0 Å². The van der Waals surface area contributed by atoms with Gasteiger partial charge in [0.15, 0.2) is 5.88 Å². The maximum absolute atomic E-state index is 9.57. The number of aliphatic hydroxyl groups is 1. The quantitative estimate of drug-likeness (QED) is 0.232. The van der Waals surface area contributed by atoms with Gasteiger partial charge >= 0.3 is 0 Å². The summed E-state index contributed by atoms with van der Waals surface area (Å²) in [7, 11) is 1.70. The predicted octanol–water partition coefficient (Wildman–Crippen LogP) is 1.95. The van der Waals surface area contributed by atoms with Gasteiger partial charge in [-0.2, -0.15) is 5.26 Å². The van der Waals surface area contributed by atoms with E-state index in [2.05, 4.69) is 11.0 Å². The molecule has 0 amide bonds. The topological polar surface area (TPSA) is 150 Å². The molecule has 7 N–H and O–H groups in total. The maximum Gasteiger partial charge on any atom is 0.182 e. The smallest absolute Gasteiger partial charge is 0.182 e. The molecular formula is C19H25N7O. The van der Waals surface area contributed by atoms with Crippen molar-refractivity contribution in [2.24, 2.45) is 17.4 Å². The molecule has 0 radical (unpaired) electrons. The van der Waals surface area contributed by atoms with E-state index in [4.69, 9.17) is 22.3 Å². The van der Waals surface area contributed by atoms with Crippen LogP contribution in [0.3, 0.4) is 0 Å². The summed E-state index contributed by atoms with van der Waals surface area (Å²) in [6.07, 6.45) is 5.35. The highest BCUT2D eigenvalue weighted by Crippen LogP contribution is 2.34. The Balaban J connectivity index is 2.34. The first-order valence-corrected chi connectivity index (χ1v) is 8.61. The van der Waals surface area contributed by atoms with Crippen LogP contribution in [0.25, 0.3) is 5.57 Å². The summed E-state index contributed by atoms with van der Waals surface area (Å²) in [4.78, 5) is 3.62. The molecule has 2 rings (SSSR count). The summed E-state index contributed by atoms with van der Waals surface area (Å²) < 4.78 is 0. The van der Waals surface area contributed by atoms with E-state index in [1.807, 2.05) is 6.07 Å². The molecule has 8 nitrogen and oxygen atoms in total. The Hall–Kier alpha value is -3.47. The SMILES string of the molecule is CN(C=N)C(=N)C1CCN(c2c(C#N)cccc2C(/C=C(\N)O)=C/N)CC1. The van der Waals surface area contributed by atoms with E-state index >= 15 is 0 Å². The van der Waals surface area contributed by atoms with E-state index in [0.29, 0.717) is 30.1 Å². The molecule has 1 fully saturated rings. The van der Waals surface area contributed by atoms with Crippen molar-refractivity contribution >= 4 is 23.4 Å². The summed E-state index contributed by atoms with van der Waals surface area (Å²) in [6.45, 7) is 1.33. The molecular weight excluding hydrogens is 342 g/mol. The lowest BCUT2D eigenvalue weighted by Gasteiger charge is -2.36. The normalized spacial score (nSPS) is 15.9. The van der Waals surface area contributed by atoms with Crippen molar-refractivity contribution < 1.29 is 5.11 Å². The van der Waals surface area contributed by atoms with Gasteiger partial charge in [-0.25, -0.2) is 0 Å². The summed E-state index contributed by atoms with van der Waals surface area (Å²) >= 11 is 0. The fourth-order valence-corrected chi connectivity index (χ4v) is 3.32. The number of hydrogen-bond donors (Lipinski definition) is 5. The lowest BCUT2D eigenvalue weighted by Crippen LogP contribution is -2.41. The Morgan fingerprint density at radius 2 is 2.07 bits per heavy atom. The summed E-state index contributed by atoms with van der Waals surface area (Å²) in [5, 5.41) is 34.5. The van der Waals surface area contributed by atoms with E-state index in [-0.39, 0.29) is 11.8 Å². The molecule has 0 atom stereocenters. The lowest BCUT2D eigenvalue weighted by molar-refractivity contribution is 0.406. The number of nitrogens with one attached hydrogen (secondary N) is 2. The minimum Gasteiger partial charge on any atom is -0.495 e. The largest absolute Gasteiger partial charge is 0.495 e. The van der Waals surface area contributed by atoms with Crippen LogP contribution in [0.2, 0.25) is 0 Å². The van der Waals surface area contributed by atoms with Gasteiger partial charge in [-0.15, -0.1) is 0 Å². The van der Waals surface area contributed by atoms with Crippen molar-refractivity contribution in [3.05, 3.63) is 47.5 Å². The van der Waals surface area contributed by atoms with Crippen LogP contribution in [0.15, 0.2) is 36.4 Å². The number of piperidine rings is 1. The van der Waals surface area contributed by atoms with Crippen molar-refractivity contribution in [2.75, 3.05) is 25.0 Å². The molecule has 0 aliphatic carbocycles. The number of benzene rings is 1. The number of nitrogens with zero attached hydrogens (tertiary/aromatic N) is 3. The van der Waals surface area contributed by atoms with E-state index in [1.54, 1.807) is 19.2 Å². The molecule has 1 aliphatic rings. The Bertz CT molecular complexity index is 810. The van der Waals surface area contributed by atoms with Crippen LogP contribution in [0.4, 0.5) is 5.69 Å². The van der Waals surface area contributed by atoms with E-state index in [0.717, 1.165) is 30.4 Å². The maximum atomic E-state index is 9.57. The number of aliphatic hydroxyl groups excluding tert-OH is 1. The number of allylic oxidation sites excluding steroid dienone is 2. The van der Waals surface area contributed by atoms with Crippen LogP contribution >= 0.6 is 0 Å². The molecule has 1 aromatic rings. The van der Waals surface area contributed by atoms with Crippen LogP contribution in [-0.4, -0.2) is 42.3 Å². The minimum absolute atomic E-state index is 0.0723. The second kappa shape index (κ2) is 8.76. The van der Waals surface area contributed by atoms with Gasteiger partial charge in [0.25, 0.3) is 0 Å². The fraction of sp³-hybridized carbons (Fsp3) is 0.316. The van der Waals surface area contributed by atoms with E-state index < -0.39 is 0 Å². The van der Waals surface area contributed by atoms with E-state index in [9.17, 15) is 10.4 Å². The number of nitrogens with two attached hydrogens (primary N) is 2. The number of hydrogen-bond acceptors (Lipinski definition) is 7. The number of rotatable bonds is 5. The second-order valence-corrected chi connectivity index (χ2v) is 6.39.